The van der Waals surface area contributed by atoms with Gasteiger partial charge >= 0.3 is 0 Å². The van der Waals surface area contributed by atoms with E-state index in [-0.39, 0.29) is 0 Å². The van der Waals surface area contributed by atoms with Gasteiger partial charge in [0.05, 0.1) is 6.61 Å². The lowest BCUT2D eigenvalue weighted by Gasteiger charge is -2.43. The minimum absolute atomic E-state index is 0.317. The van der Waals surface area contributed by atoms with E-state index in [1.54, 1.807) is 0 Å². The van der Waals surface area contributed by atoms with Gasteiger partial charge in [0, 0.05) is 25.7 Å². The lowest BCUT2D eigenvalue weighted by molar-refractivity contribution is 0.0685. The number of rotatable bonds is 5. The van der Waals surface area contributed by atoms with Gasteiger partial charge in [-0.3, -0.25) is 4.90 Å². The van der Waals surface area contributed by atoms with Gasteiger partial charge in [-0.15, -0.1) is 0 Å². The van der Waals surface area contributed by atoms with E-state index in [1.807, 2.05) is 7.11 Å². The summed E-state index contributed by atoms with van der Waals surface area (Å²) in [6.45, 7) is 6.49. The molecule has 100 valence electrons. The Morgan fingerprint density at radius 1 is 1.41 bits per heavy atom. The Bertz CT molecular complexity index is 246. The van der Waals surface area contributed by atoms with E-state index >= 15 is 0 Å². The Labute approximate surface area is 106 Å². The quantitative estimate of drug-likeness (QED) is 0.797. The lowest BCUT2D eigenvalue weighted by Crippen LogP contribution is -2.55. The molecule has 2 aliphatic rings. The van der Waals surface area contributed by atoms with E-state index in [9.17, 15) is 0 Å². The van der Waals surface area contributed by atoms with E-state index in [1.165, 1.54) is 45.2 Å². The molecule has 0 aromatic rings. The van der Waals surface area contributed by atoms with Gasteiger partial charge in [-0.25, -0.2) is 0 Å². The molecule has 0 aromatic heterocycles. The molecule has 3 unspecified atom stereocenters. The van der Waals surface area contributed by atoms with Crippen LogP contribution in [0.5, 0.6) is 0 Å². The number of ether oxygens (including phenoxy) is 1. The third-order valence-corrected chi connectivity index (χ3v) is 5.09. The summed E-state index contributed by atoms with van der Waals surface area (Å²) < 4.78 is 5.30. The molecule has 2 N–H and O–H groups in total. The fourth-order valence-corrected chi connectivity index (χ4v) is 4.13. The molecule has 3 atom stereocenters. The van der Waals surface area contributed by atoms with Crippen LogP contribution >= 0.6 is 0 Å². The first kappa shape index (κ1) is 13.3. The van der Waals surface area contributed by atoms with Crippen LogP contribution in [0.2, 0.25) is 0 Å². The van der Waals surface area contributed by atoms with Crippen molar-refractivity contribution < 1.29 is 4.74 Å². The normalized spacial score (nSPS) is 39.0. The SMILES string of the molecule is CCC1CCCC1(CN)N1CCC(COC)C1. The molecule has 1 saturated carbocycles. The molecule has 0 bridgehead atoms. The van der Waals surface area contributed by atoms with Crippen molar-refractivity contribution in [2.24, 2.45) is 17.6 Å². The van der Waals surface area contributed by atoms with Gasteiger partial charge in [0.2, 0.25) is 0 Å². The molecule has 0 radical (unpaired) electrons. The van der Waals surface area contributed by atoms with Crippen molar-refractivity contribution in [3.8, 4) is 0 Å². The molecule has 17 heavy (non-hydrogen) atoms. The Balaban J connectivity index is 2.03. The van der Waals surface area contributed by atoms with Crippen LogP contribution in [-0.4, -0.2) is 43.8 Å². The Hall–Kier alpha value is -0.120. The lowest BCUT2D eigenvalue weighted by atomic mass is 9.83. The van der Waals surface area contributed by atoms with Crippen LogP contribution in [0.1, 0.15) is 39.0 Å². The third kappa shape index (κ3) is 2.38. The van der Waals surface area contributed by atoms with Crippen LogP contribution in [0, 0.1) is 11.8 Å². The van der Waals surface area contributed by atoms with Gasteiger partial charge in [0.1, 0.15) is 0 Å². The molecule has 3 heteroatoms. The van der Waals surface area contributed by atoms with Crippen LogP contribution in [0.25, 0.3) is 0 Å². The first-order valence-corrected chi connectivity index (χ1v) is 7.21. The fourth-order valence-electron chi connectivity index (χ4n) is 4.13. The third-order valence-electron chi connectivity index (χ3n) is 5.09. The summed E-state index contributed by atoms with van der Waals surface area (Å²) in [6, 6.07) is 0. The van der Waals surface area contributed by atoms with Crippen LogP contribution < -0.4 is 5.73 Å². The zero-order valence-electron chi connectivity index (χ0n) is 11.5. The number of hydrogen-bond donors (Lipinski definition) is 1. The molecule has 1 heterocycles. The topological polar surface area (TPSA) is 38.5 Å². The minimum atomic E-state index is 0.317. The van der Waals surface area contributed by atoms with Crippen molar-refractivity contribution >= 4 is 0 Å². The smallest absolute Gasteiger partial charge is 0.0503 e. The summed E-state index contributed by atoms with van der Waals surface area (Å²) in [5.74, 6) is 1.54. The highest BCUT2D eigenvalue weighted by atomic mass is 16.5. The Morgan fingerprint density at radius 2 is 2.24 bits per heavy atom. The monoisotopic (exact) mass is 240 g/mol. The highest BCUT2D eigenvalue weighted by Gasteiger charge is 2.47. The molecule has 1 saturated heterocycles. The number of nitrogens with two attached hydrogens (primary N) is 1. The summed E-state index contributed by atoms with van der Waals surface area (Å²) in [4.78, 5) is 2.69. The Morgan fingerprint density at radius 3 is 2.88 bits per heavy atom. The summed E-state index contributed by atoms with van der Waals surface area (Å²) in [6.07, 6.45) is 6.61. The minimum Gasteiger partial charge on any atom is -0.384 e. The molecule has 0 spiro atoms. The second kappa shape index (κ2) is 5.68. The van der Waals surface area contributed by atoms with Crippen LogP contribution in [0.3, 0.4) is 0 Å². The van der Waals surface area contributed by atoms with Crippen molar-refractivity contribution in [3.05, 3.63) is 0 Å². The largest absolute Gasteiger partial charge is 0.384 e. The summed E-state index contributed by atoms with van der Waals surface area (Å²) >= 11 is 0. The molecule has 1 aliphatic carbocycles. The van der Waals surface area contributed by atoms with Gasteiger partial charge in [-0.05, 0) is 37.6 Å². The molecule has 2 rings (SSSR count). The van der Waals surface area contributed by atoms with E-state index in [0.29, 0.717) is 5.54 Å². The number of hydrogen-bond acceptors (Lipinski definition) is 3. The maximum Gasteiger partial charge on any atom is 0.0503 e. The number of nitrogens with zero attached hydrogens (tertiary/aromatic N) is 1. The fraction of sp³-hybridized carbons (Fsp3) is 1.00. The zero-order valence-corrected chi connectivity index (χ0v) is 11.5. The molecule has 0 amide bonds. The van der Waals surface area contributed by atoms with Crippen molar-refractivity contribution in [3.63, 3.8) is 0 Å². The van der Waals surface area contributed by atoms with Crippen molar-refractivity contribution in [1.82, 2.24) is 4.90 Å². The standard InChI is InChI=1S/C14H28N2O/c1-3-13-5-4-7-14(13,11-15)16-8-6-12(9-16)10-17-2/h12-13H,3-11,15H2,1-2H3. The highest BCUT2D eigenvalue weighted by Crippen LogP contribution is 2.43. The molecule has 0 aromatic carbocycles. The van der Waals surface area contributed by atoms with Gasteiger partial charge in [-0.1, -0.05) is 19.8 Å². The summed E-state index contributed by atoms with van der Waals surface area (Å²) in [5.41, 5.74) is 6.48. The maximum atomic E-state index is 6.16. The van der Waals surface area contributed by atoms with Crippen LogP contribution in [0.15, 0.2) is 0 Å². The molecule has 1 aliphatic heterocycles. The second-order valence-corrected chi connectivity index (χ2v) is 5.86. The van der Waals surface area contributed by atoms with Crippen LogP contribution in [-0.2, 0) is 4.74 Å². The maximum absolute atomic E-state index is 6.16. The molecular weight excluding hydrogens is 212 g/mol. The Kier molecular flexibility index (Phi) is 4.45. The second-order valence-electron chi connectivity index (χ2n) is 5.86. The molecular formula is C14H28N2O. The first-order valence-electron chi connectivity index (χ1n) is 7.21. The van der Waals surface area contributed by atoms with Crippen molar-refractivity contribution in [1.29, 1.82) is 0 Å². The average Bonchev–Trinajstić information content (AvgIpc) is 2.95. The summed E-state index contributed by atoms with van der Waals surface area (Å²) in [7, 11) is 1.81. The van der Waals surface area contributed by atoms with Crippen molar-refractivity contribution in [2.45, 2.75) is 44.6 Å². The first-order chi connectivity index (χ1) is 8.26. The highest BCUT2D eigenvalue weighted by molar-refractivity contribution is 5.03. The van der Waals surface area contributed by atoms with E-state index < -0.39 is 0 Å². The van der Waals surface area contributed by atoms with Gasteiger partial charge < -0.3 is 10.5 Å². The predicted octanol–water partition coefficient (Wildman–Crippen LogP) is 1.86. The van der Waals surface area contributed by atoms with E-state index in [2.05, 4.69) is 11.8 Å². The number of likely N-dealkylation sites (tertiary alicyclic amines) is 1. The average molecular weight is 240 g/mol. The van der Waals surface area contributed by atoms with Crippen molar-refractivity contribution in [2.75, 3.05) is 33.4 Å². The van der Waals surface area contributed by atoms with Gasteiger partial charge in [0.25, 0.3) is 0 Å². The van der Waals surface area contributed by atoms with Crippen LogP contribution in [0.4, 0.5) is 0 Å². The van der Waals surface area contributed by atoms with Gasteiger partial charge in [0.15, 0.2) is 0 Å². The zero-order chi connectivity index (χ0) is 12.3. The summed E-state index contributed by atoms with van der Waals surface area (Å²) in [5, 5.41) is 0. The molecule has 3 nitrogen and oxygen atoms in total. The van der Waals surface area contributed by atoms with E-state index in [4.69, 9.17) is 10.5 Å². The van der Waals surface area contributed by atoms with E-state index in [0.717, 1.165) is 25.0 Å². The molecule has 2 fully saturated rings. The number of methoxy groups -OCH3 is 1. The predicted molar refractivity (Wildman–Crippen MR) is 71.0 cm³/mol. The van der Waals surface area contributed by atoms with Gasteiger partial charge in [-0.2, -0.15) is 0 Å².